The van der Waals surface area contributed by atoms with Crippen molar-refractivity contribution in [2.45, 2.75) is 26.4 Å². The van der Waals surface area contributed by atoms with Crippen molar-refractivity contribution in [3.05, 3.63) is 71.5 Å². The molecule has 2 aromatic heterocycles. The van der Waals surface area contributed by atoms with Crippen molar-refractivity contribution in [2.75, 3.05) is 32.6 Å². The summed E-state index contributed by atoms with van der Waals surface area (Å²) < 4.78 is 8.40. The molecule has 0 bridgehead atoms. The first-order chi connectivity index (χ1) is 15.5. The van der Waals surface area contributed by atoms with Crippen molar-refractivity contribution in [3.63, 3.8) is 0 Å². The first-order valence-corrected chi connectivity index (χ1v) is 10.9. The Morgan fingerprint density at radius 1 is 1.03 bits per heavy atom. The third-order valence-corrected chi connectivity index (χ3v) is 5.58. The predicted octanol–water partition coefficient (Wildman–Crippen LogP) is 4.23. The van der Waals surface area contributed by atoms with Gasteiger partial charge >= 0.3 is 0 Å². The van der Waals surface area contributed by atoms with E-state index in [4.69, 9.17) is 9.84 Å². The Morgan fingerprint density at radius 2 is 1.81 bits per heavy atom. The van der Waals surface area contributed by atoms with Crippen LogP contribution < -0.4 is 15.0 Å². The number of aryl methyl sites for hydroxylation is 2. The fourth-order valence-electron chi connectivity index (χ4n) is 3.95. The minimum Gasteiger partial charge on any atom is -0.486 e. The minimum absolute atomic E-state index is 0.0346. The highest BCUT2D eigenvalue weighted by Crippen LogP contribution is 2.30. The van der Waals surface area contributed by atoms with Crippen molar-refractivity contribution in [1.29, 1.82) is 0 Å². The molecule has 166 valence electrons. The van der Waals surface area contributed by atoms with Gasteiger partial charge in [0.15, 0.2) is 5.82 Å². The molecule has 7 nitrogen and oxygen atoms in total. The standard InChI is InChI=1S/C25H30N6O/c1-17-23-18(2)31(29-24(23)25(28-27-17)30(4)5)20-12-9-13-21(16-20)32-22(14-15-26-3)19-10-7-6-8-11-19/h6-13,16,22,26H,14-15H2,1-5H3/t22-/m1/s1. The molecule has 0 aliphatic rings. The zero-order valence-corrected chi connectivity index (χ0v) is 19.3. The molecule has 4 aromatic rings. The van der Waals surface area contributed by atoms with E-state index in [0.29, 0.717) is 0 Å². The molecule has 1 atom stereocenters. The van der Waals surface area contributed by atoms with Gasteiger partial charge in [-0.3, -0.25) is 0 Å². The van der Waals surface area contributed by atoms with Crippen molar-refractivity contribution >= 4 is 16.7 Å². The number of fused-ring (bicyclic) bond motifs is 1. The Bertz CT molecular complexity index is 1200. The summed E-state index contributed by atoms with van der Waals surface area (Å²) in [5.74, 6) is 1.57. The molecular weight excluding hydrogens is 400 g/mol. The molecule has 2 heterocycles. The molecule has 0 spiro atoms. The monoisotopic (exact) mass is 430 g/mol. The maximum atomic E-state index is 6.45. The maximum Gasteiger partial charge on any atom is 0.179 e. The fourth-order valence-corrected chi connectivity index (χ4v) is 3.95. The van der Waals surface area contributed by atoms with Gasteiger partial charge in [-0.1, -0.05) is 36.4 Å². The molecule has 0 saturated heterocycles. The van der Waals surface area contributed by atoms with E-state index in [1.165, 1.54) is 0 Å². The van der Waals surface area contributed by atoms with E-state index in [9.17, 15) is 0 Å². The van der Waals surface area contributed by atoms with Crippen LogP contribution in [0.2, 0.25) is 0 Å². The van der Waals surface area contributed by atoms with Gasteiger partial charge in [-0.15, -0.1) is 5.10 Å². The molecule has 1 N–H and O–H groups in total. The Hall–Kier alpha value is -3.45. The molecule has 0 radical (unpaired) electrons. The topological polar surface area (TPSA) is 68.1 Å². The van der Waals surface area contributed by atoms with Crippen LogP contribution in [-0.2, 0) is 0 Å². The molecule has 0 aliphatic heterocycles. The number of hydrogen-bond acceptors (Lipinski definition) is 6. The van der Waals surface area contributed by atoms with E-state index in [2.05, 4.69) is 34.6 Å². The summed E-state index contributed by atoms with van der Waals surface area (Å²) in [5.41, 5.74) is 4.86. The lowest BCUT2D eigenvalue weighted by Gasteiger charge is -2.20. The first kappa shape index (κ1) is 21.8. The van der Waals surface area contributed by atoms with Crippen molar-refractivity contribution < 1.29 is 4.74 Å². The molecule has 32 heavy (non-hydrogen) atoms. The number of nitrogens with zero attached hydrogens (tertiary/aromatic N) is 5. The average Bonchev–Trinajstić information content (AvgIpc) is 3.15. The Labute approximate surface area is 189 Å². The van der Waals surface area contributed by atoms with Crippen LogP contribution in [0.15, 0.2) is 54.6 Å². The molecule has 4 rings (SSSR count). The Morgan fingerprint density at radius 3 is 2.53 bits per heavy atom. The Balaban J connectivity index is 1.71. The third-order valence-electron chi connectivity index (χ3n) is 5.58. The van der Waals surface area contributed by atoms with Crippen LogP contribution in [0.25, 0.3) is 16.6 Å². The molecule has 0 amide bonds. The van der Waals surface area contributed by atoms with Crippen LogP contribution in [-0.4, -0.2) is 47.7 Å². The SMILES string of the molecule is CNCC[C@@H](Oc1cccc(-n2nc3c(N(C)C)nnc(C)c3c2C)c1)c1ccccc1. The summed E-state index contributed by atoms with van der Waals surface area (Å²) in [6, 6.07) is 18.4. The van der Waals surface area contributed by atoms with E-state index in [1.807, 2.05) is 80.1 Å². The van der Waals surface area contributed by atoms with Gasteiger partial charge in [-0.05, 0) is 45.1 Å². The highest BCUT2D eigenvalue weighted by atomic mass is 16.5. The second-order valence-corrected chi connectivity index (χ2v) is 8.13. The zero-order valence-electron chi connectivity index (χ0n) is 19.3. The molecule has 2 aromatic carbocycles. The second kappa shape index (κ2) is 9.36. The van der Waals surface area contributed by atoms with E-state index in [0.717, 1.165) is 58.1 Å². The van der Waals surface area contributed by atoms with Crippen molar-refractivity contribution in [1.82, 2.24) is 25.3 Å². The third kappa shape index (κ3) is 4.29. The van der Waals surface area contributed by atoms with Crippen LogP contribution in [0.4, 0.5) is 5.82 Å². The van der Waals surface area contributed by atoms with Gasteiger partial charge in [-0.25, -0.2) is 4.68 Å². The number of ether oxygens (including phenoxy) is 1. The number of anilines is 1. The molecule has 0 aliphatic carbocycles. The van der Waals surface area contributed by atoms with Gasteiger partial charge in [0.1, 0.15) is 17.4 Å². The summed E-state index contributed by atoms with van der Waals surface area (Å²) in [6.45, 7) is 4.91. The molecule has 0 fully saturated rings. The number of aromatic nitrogens is 4. The second-order valence-electron chi connectivity index (χ2n) is 8.13. The first-order valence-electron chi connectivity index (χ1n) is 10.9. The number of benzene rings is 2. The number of rotatable bonds is 8. The Kier molecular flexibility index (Phi) is 6.37. The predicted molar refractivity (Wildman–Crippen MR) is 129 cm³/mol. The average molecular weight is 431 g/mol. The smallest absolute Gasteiger partial charge is 0.179 e. The van der Waals surface area contributed by atoms with Gasteiger partial charge in [0.2, 0.25) is 0 Å². The summed E-state index contributed by atoms with van der Waals surface area (Å²) in [4.78, 5) is 1.94. The summed E-state index contributed by atoms with van der Waals surface area (Å²) in [6.07, 6.45) is 0.839. The normalized spacial score (nSPS) is 12.2. The van der Waals surface area contributed by atoms with E-state index >= 15 is 0 Å². The quantitative estimate of drug-likeness (QED) is 0.451. The van der Waals surface area contributed by atoms with E-state index in [-0.39, 0.29) is 6.10 Å². The molecule has 0 unspecified atom stereocenters. The zero-order chi connectivity index (χ0) is 22.7. The lowest BCUT2D eigenvalue weighted by molar-refractivity contribution is 0.195. The lowest BCUT2D eigenvalue weighted by Crippen LogP contribution is -2.16. The van der Waals surface area contributed by atoms with Gasteiger partial charge in [0.25, 0.3) is 0 Å². The largest absolute Gasteiger partial charge is 0.486 e. The van der Waals surface area contributed by atoms with Crippen LogP contribution in [0.3, 0.4) is 0 Å². The highest BCUT2D eigenvalue weighted by Gasteiger charge is 2.19. The van der Waals surface area contributed by atoms with Crippen molar-refractivity contribution in [2.24, 2.45) is 0 Å². The lowest BCUT2D eigenvalue weighted by atomic mass is 10.1. The number of hydrogen-bond donors (Lipinski definition) is 1. The maximum absolute atomic E-state index is 6.45. The van der Waals surface area contributed by atoms with Gasteiger partial charge in [0, 0.05) is 26.6 Å². The van der Waals surface area contributed by atoms with E-state index < -0.39 is 0 Å². The van der Waals surface area contributed by atoms with Gasteiger partial charge < -0.3 is 15.0 Å². The highest BCUT2D eigenvalue weighted by molar-refractivity contribution is 5.92. The van der Waals surface area contributed by atoms with E-state index in [1.54, 1.807) is 0 Å². The van der Waals surface area contributed by atoms with Crippen LogP contribution in [0.1, 0.15) is 29.5 Å². The minimum atomic E-state index is -0.0346. The van der Waals surface area contributed by atoms with Crippen LogP contribution in [0, 0.1) is 13.8 Å². The molecular formula is C25H30N6O. The van der Waals surface area contributed by atoms with Crippen LogP contribution in [0.5, 0.6) is 5.75 Å². The number of nitrogens with one attached hydrogen (secondary N) is 1. The van der Waals surface area contributed by atoms with Crippen molar-refractivity contribution in [3.8, 4) is 11.4 Å². The van der Waals surface area contributed by atoms with Crippen LogP contribution >= 0.6 is 0 Å². The van der Waals surface area contributed by atoms with Gasteiger partial charge in [0.05, 0.1) is 22.5 Å². The molecule has 0 saturated carbocycles. The van der Waals surface area contributed by atoms with Gasteiger partial charge in [-0.2, -0.15) is 10.2 Å². The summed E-state index contributed by atoms with van der Waals surface area (Å²) >= 11 is 0. The fraction of sp³-hybridized carbons (Fsp3) is 0.320. The summed E-state index contributed by atoms with van der Waals surface area (Å²) in [5, 5.41) is 17.8. The summed E-state index contributed by atoms with van der Waals surface area (Å²) in [7, 11) is 5.87. The molecule has 7 heteroatoms.